The van der Waals surface area contributed by atoms with E-state index in [0.717, 1.165) is 25.7 Å². The predicted molar refractivity (Wildman–Crippen MR) is 74.6 cm³/mol. The van der Waals surface area contributed by atoms with E-state index in [2.05, 4.69) is 4.98 Å². The number of fused-ring (bicyclic) bond motifs is 2. The summed E-state index contributed by atoms with van der Waals surface area (Å²) in [6, 6.07) is 3.50. The quantitative estimate of drug-likeness (QED) is 0.677. The van der Waals surface area contributed by atoms with Gasteiger partial charge < -0.3 is 0 Å². The Morgan fingerprint density at radius 2 is 1.60 bits per heavy atom. The van der Waals surface area contributed by atoms with Crippen molar-refractivity contribution in [1.29, 1.82) is 0 Å². The molecule has 0 fully saturated rings. The standard InChI is InChI=1S/C17H17NO2/c19-16-12-6-3-7-18-15(12)17(20)14-9-11-5-2-1-4-10(11)8-13(14)16/h3,6-7,13-14H,1-2,4-5,8-9H2/t13-,14+/m1/s1. The van der Waals surface area contributed by atoms with Crippen LogP contribution in [-0.2, 0) is 0 Å². The van der Waals surface area contributed by atoms with Crippen LogP contribution in [0, 0.1) is 11.8 Å². The Balaban J connectivity index is 1.78. The maximum atomic E-state index is 12.7. The second-order valence-corrected chi connectivity index (χ2v) is 6.16. The maximum Gasteiger partial charge on any atom is 0.186 e. The SMILES string of the molecule is O=C1c2ncccc2C(=O)[C@@H]2CC3=C(CCCC3)C[C@H]12. The molecule has 1 heterocycles. The van der Waals surface area contributed by atoms with Crippen LogP contribution in [0.1, 0.15) is 59.4 Å². The largest absolute Gasteiger partial charge is 0.294 e. The molecule has 1 aromatic rings. The van der Waals surface area contributed by atoms with Crippen molar-refractivity contribution in [3.05, 3.63) is 40.7 Å². The molecule has 102 valence electrons. The molecule has 0 radical (unpaired) electrons. The molecule has 0 amide bonds. The summed E-state index contributed by atoms with van der Waals surface area (Å²) < 4.78 is 0. The number of ketones is 2. The molecule has 0 aliphatic heterocycles. The minimum absolute atomic E-state index is 0.0855. The van der Waals surface area contributed by atoms with Crippen LogP contribution in [0.4, 0.5) is 0 Å². The maximum absolute atomic E-state index is 12.7. The second kappa shape index (κ2) is 4.37. The van der Waals surface area contributed by atoms with Gasteiger partial charge in [-0.2, -0.15) is 0 Å². The Bertz CT molecular complexity index is 589. The van der Waals surface area contributed by atoms with Gasteiger partial charge in [-0.05, 0) is 50.7 Å². The molecule has 0 spiro atoms. The van der Waals surface area contributed by atoms with Gasteiger partial charge in [0.1, 0.15) is 5.69 Å². The molecule has 0 aromatic carbocycles. The van der Waals surface area contributed by atoms with Crippen molar-refractivity contribution in [3.63, 3.8) is 0 Å². The molecule has 3 heteroatoms. The van der Waals surface area contributed by atoms with Crippen LogP contribution in [0.15, 0.2) is 29.5 Å². The van der Waals surface area contributed by atoms with Gasteiger partial charge in [0.25, 0.3) is 0 Å². The van der Waals surface area contributed by atoms with Crippen LogP contribution in [0.2, 0.25) is 0 Å². The highest BCUT2D eigenvalue weighted by Gasteiger charge is 2.45. The van der Waals surface area contributed by atoms with E-state index in [9.17, 15) is 9.59 Å². The molecule has 0 N–H and O–H groups in total. The Kier molecular flexibility index (Phi) is 2.62. The summed E-state index contributed by atoms with van der Waals surface area (Å²) in [6.45, 7) is 0. The van der Waals surface area contributed by atoms with Gasteiger partial charge in [-0.25, -0.2) is 0 Å². The molecule has 3 aliphatic rings. The lowest BCUT2D eigenvalue weighted by Crippen LogP contribution is -2.40. The highest BCUT2D eigenvalue weighted by Crippen LogP contribution is 2.45. The molecular formula is C17H17NO2. The lowest BCUT2D eigenvalue weighted by Gasteiger charge is -2.37. The zero-order valence-electron chi connectivity index (χ0n) is 11.4. The van der Waals surface area contributed by atoms with Crippen molar-refractivity contribution in [1.82, 2.24) is 4.98 Å². The van der Waals surface area contributed by atoms with Crippen molar-refractivity contribution in [2.75, 3.05) is 0 Å². The van der Waals surface area contributed by atoms with E-state index < -0.39 is 0 Å². The first-order valence-electron chi connectivity index (χ1n) is 7.49. The predicted octanol–water partition coefficient (Wildman–Crippen LogP) is 3.36. The molecule has 0 bridgehead atoms. The number of aromatic nitrogens is 1. The van der Waals surface area contributed by atoms with Gasteiger partial charge in [-0.3, -0.25) is 14.6 Å². The van der Waals surface area contributed by atoms with Gasteiger partial charge in [0.2, 0.25) is 0 Å². The number of hydrogen-bond donors (Lipinski definition) is 0. The smallest absolute Gasteiger partial charge is 0.186 e. The molecule has 4 rings (SSSR count). The van der Waals surface area contributed by atoms with E-state index in [0.29, 0.717) is 11.3 Å². The first kappa shape index (κ1) is 12.0. The fraction of sp³-hybridized carbons (Fsp3) is 0.471. The molecule has 3 nitrogen and oxygen atoms in total. The molecule has 0 saturated heterocycles. The third-order valence-electron chi connectivity index (χ3n) is 5.11. The van der Waals surface area contributed by atoms with Crippen molar-refractivity contribution in [2.45, 2.75) is 38.5 Å². The summed E-state index contributed by atoms with van der Waals surface area (Å²) in [5, 5.41) is 0. The highest BCUT2D eigenvalue weighted by molar-refractivity contribution is 6.15. The van der Waals surface area contributed by atoms with Crippen LogP contribution in [0.3, 0.4) is 0 Å². The number of pyridine rings is 1. The fourth-order valence-corrected chi connectivity index (χ4v) is 4.07. The Labute approximate surface area is 118 Å². The molecule has 3 aliphatic carbocycles. The minimum atomic E-state index is -0.151. The number of allylic oxidation sites excluding steroid dienone is 2. The normalized spacial score (nSPS) is 28.8. The Morgan fingerprint density at radius 1 is 0.950 bits per heavy atom. The molecule has 0 unspecified atom stereocenters. The van der Waals surface area contributed by atoms with E-state index in [-0.39, 0.29) is 23.4 Å². The Hall–Kier alpha value is -1.77. The number of hydrogen-bond acceptors (Lipinski definition) is 3. The number of nitrogens with zero attached hydrogens (tertiary/aromatic N) is 1. The van der Waals surface area contributed by atoms with E-state index >= 15 is 0 Å². The van der Waals surface area contributed by atoms with Crippen molar-refractivity contribution >= 4 is 11.6 Å². The first-order valence-corrected chi connectivity index (χ1v) is 7.49. The average molecular weight is 267 g/mol. The summed E-state index contributed by atoms with van der Waals surface area (Å²) in [5.74, 6) is -0.0602. The fourth-order valence-electron chi connectivity index (χ4n) is 4.07. The van der Waals surface area contributed by atoms with Gasteiger partial charge in [0.05, 0.1) is 0 Å². The summed E-state index contributed by atoms with van der Waals surface area (Å²) in [7, 11) is 0. The van der Waals surface area contributed by atoms with Gasteiger partial charge in [0, 0.05) is 23.6 Å². The Morgan fingerprint density at radius 3 is 2.30 bits per heavy atom. The number of Topliss-reactive ketones (excluding diaryl/α,β-unsaturated/α-hetero) is 2. The highest BCUT2D eigenvalue weighted by atomic mass is 16.1. The van der Waals surface area contributed by atoms with Crippen LogP contribution in [-0.4, -0.2) is 16.6 Å². The van der Waals surface area contributed by atoms with Crippen molar-refractivity contribution < 1.29 is 9.59 Å². The van der Waals surface area contributed by atoms with Gasteiger partial charge in [-0.1, -0.05) is 11.1 Å². The number of carbonyl (C=O) groups excluding carboxylic acids is 2. The van der Waals surface area contributed by atoms with Crippen LogP contribution >= 0.6 is 0 Å². The third-order valence-corrected chi connectivity index (χ3v) is 5.11. The second-order valence-electron chi connectivity index (χ2n) is 6.16. The summed E-state index contributed by atoms with van der Waals surface area (Å²) in [6.07, 6.45) is 7.91. The lowest BCUT2D eigenvalue weighted by atomic mass is 9.65. The first-order chi connectivity index (χ1) is 9.75. The minimum Gasteiger partial charge on any atom is -0.294 e. The van der Waals surface area contributed by atoms with Gasteiger partial charge >= 0.3 is 0 Å². The molecule has 20 heavy (non-hydrogen) atoms. The van der Waals surface area contributed by atoms with Crippen LogP contribution in [0.25, 0.3) is 0 Å². The van der Waals surface area contributed by atoms with Gasteiger partial charge in [-0.15, -0.1) is 0 Å². The molecule has 2 atom stereocenters. The lowest BCUT2D eigenvalue weighted by molar-refractivity contribution is 0.0712. The van der Waals surface area contributed by atoms with Crippen LogP contribution in [0.5, 0.6) is 0 Å². The van der Waals surface area contributed by atoms with E-state index in [1.807, 2.05) is 0 Å². The van der Waals surface area contributed by atoms with Crippen LogP contribution < -0.4 is 0 Å². The summed E-state index contributed by atoms with van der Waals surface area (Å²) >= 11 is 0. The summed E-state index contributed by atoms with van der Waals surface area (Å²) in [5.41, 5.74) is 3.86. The van der Waals surface area contributed by atoms with E-state index in [4.69, 9.17) is 0 Å². The molecule has 0 saturated carbocycles. The van der Waals surface area contributed by atoms with Crippen molar-refractivity contribution in [3.8, 4) is 0 Å². The topological polar surface area (TPSA) is 47.0 Å². The van der Waals surface area contributed by atoms with Crippen molar-refractivity contribution in [2.24, 2.45) is 11.8 Å². The number of rotatable bonds is 0. The zero-order chi connectivity index (χ0) is 13.7. The monoisotopic (exact) mass is 267 g/mol. The summed E-state index contributed by atoms with van der Waals surface area (Å²) in [4.78, 5) is 29.4. The average Bonchev–Trinajstić information content (AvgIpc) is 2.51. The molecular weight excluding hydrogens is 250 g/mol. The number of carbonyl (C=O) groups is 2. The third kappa shape index (κ3) is 1.62. The van der Waals surface area contributed by atoms with E-state index in [1.165, 1.54) is 24.0 Å². The van der Waals surface area contributed by atoms with E-state index in [1.54, 1.807) is 18.3 Å². The van der Waals surface area contributed by atoms with Gasteiger partial charge in [0.15, 0.2) is 11.6 Å². The molecule has 1 aromatic heterocycles. The zero-order valence-corrected chi connectivity index (χ0v) is 11.4.